The molecule has 0 radical (unpaired) electrons. The molecule has 1 unspecified atom stereocenters. The van der Waals surface area contributed by atoms with Crippen molar-refractivity contribution < 1.29 is 14.0 Å². The van der Waals surface area contributed by atoms with Crippen molar-refractivity contribution >= 4 is 17.5 Å². The van der Waals surface area contributed by atoms with Crippen LogP contribution in [-0.2, 0) is 22.7 Å². The maximum Gasteiger partial charge on any atom is 0.228 e. The van der Waals surface area contributed by atoms with Crippen molar-refractivity contribution in [2.75, 3.05) is 11.4 Å². The standard InChI is InChI=1S/C23H23N3O3/c1-17-6-8-20(9-7-17)26-15-19(12-22(26)27)23(28)25(16-21-5-3-11-29-21)14-18-4-2-10-24-13-18/h2-11,13,19H,12,14-16H2,1H3. The zero-order valence-corrected chi connectivity index (χ0v) is 16.3. The molecule has 0 saturated carbocycles. The third kappa shape index (κ3) is 4.37. The Balaban J connectivity index is 1.52. The van der Waals surface area contributed by atoms with Gasteiger partial charge in [0.1, 0.15) is 5.76 Å². The minimum Gasteiger partial charge on any atom is -0.467 e. The van der Waals surface area contributed by atoms with Gasteiger partial charge in [0.2, 0.25) is 11.8 Å². The maximum absolute atomic E-state index is 13.3. The number of benzene rings is 1. The molecular weight excluding hydrogens is 366 g/mol. The summed E-state index contributed by atoms with van der Waals surface area (Å²) < 4.78 is 5.45. The van der Waals surface area contributed by atoms with E-state index in [-0.39, 0.29) is 24.2 Å². The number of anilines is 1. The van der Waals surface area contributed by atoms with Crippen molar-refractivity contribution in [2.45, 2.75) is 26.4 Å². The molecule has 2 amide bonds. The van der Waals surface area contributed by atoms with Gasteiger partial charge in [-0.2, -0.15) is 0 Å². The summed E-state index contributed by atoms with van der Waals surface area (Å²) in [6.45, 7) is 3.17. The Bertz CT molecular complexity index is 968. The first-order chi connectivity index (χ1) is 14.1. The summed E-state index contributed by atoms with van der Waals surface area (Å²) in [5.41, 5.74) is 2.90. The fourth-order valence-electron chi connectivity index (χ4n) is 3.62. The SMILES string of the molecule is Cc1ccc(N2CC(C(=O)N(Cc3cccnc3)Cc3ccco3)CC2=O)cc1. The molecule has 1 aliphatic rings. The van der Waals surface area contributed by atoms with Crippen LogP contribution in [0.1, 0.15) is 23.3 Å². The number of furan rings is 1. The Morgan fingerprint density at radius 1 is 1.17 bits per heavy atom. The second-order valence-electron chi connectivity index (χ2n) is 7.38. The number of amides is 2. The number of carbonyl (C=O) groups is 2. The molecule has 0 aliphatic carbocycles. The second kappa shape index (κ2) is 8.31. The monoisotopic (exact) mass is 389 g/mol. The van der Waals surface area contributed by atoms with Crippen molar-refractivity contribution in [1.82, 2.24) is 9.88 Å². The third-order valence-electron chi connectivity index (χ3n) is 5.15. The smallest absolute Gasteiger partial charge is 0.228 e. The summed E-state index contributed by atoms with van der Waals surface area (Å²) >= 11 is 0. The zero-order chi connectivity index (χ0) is 20.2. The molecule has 0 N–H and O–H groups in total. The van der Waals surface area contributed by atoms with Gasteiger partial charge in [-0.3, -0.25) is 14.6 Å². The predicted molar refractivity (Wildman–Crippen MR) is 109 cm³/mol. The fourth-order valence-corrected chi connectivity index (χ4v) is 3.62. The molecule has 2 aromatic heterocycles. The van der Waals surface area contributed by atoms with Gasteiger partial charge in [-0.15, -0.1) is 0 Å². The van der Waals surface area contributed by atoms with Crippen LogP contribution in [0, 0.1) is 12.8 Å². The average Bonchev–Trinajstić information content (AvgIpc) is 3.38. The minimum absolute atomic E-state index is 0.0217. The van der Waals surface area contributed by atoms with Gasteiger partial charge in [0.05, 0.1) is 18.7 Å². The van der Waals surface area contributed by atoms with Gasteiger partial charge in [-0.05, 0) is 42.8 Å². The molecule has 6 nitrogen and oxygen atoms in total. The maximum atomic E-state index is 13.3. The predicted octanol–water partition coefficient (Wildman–Crippen LogP) is 3.56. The topological polar surface area (TPSA) is 66.7 Å². The Labute approximate surface area is 169 Å². The van der Waals surface area contributed by atoms with Gasteiger partial charge in [0.15, 0.2) is 0 Å². The molecule has 3 aromatic rings. The van der Waals surface area contributed by atoms with E-state index in [2.05, 4.69) is 4.98 Å². The van der Waals surface area contributed by atoms with Crippen LogP contribution in [0.25, 0.3) is 0 Å². The summed E-state index contributed by atoms with van der Waals surface area (Å²) in [6.07, 6.45) is 5.27. The van der Waals surface area contributed by atoms with Crippen LogP contribution in [0.15, 0.2) is 71.6 Å². The summed E-state index contributed by atoms with van der Waals surface area (Å²) in [7, 11) is 0. The van der Waals surface area contributed by atoms with E-state index in [4.69, 9.17) is 4.42 Å². The number of hydrogen-bond donors (Lipinski definition) is 0. The molecule has 0 spiro atoms. The summed E-state index contributed by atoms with van der Waals surface area (Å²) in [6, 6.07) is 15.2. The van der Waals surface area contributed by atoms with E-state index < -0.39 is 0 Å². The van der Waals surface area contributed by atoms with Gasteiger partial charge in [0.25, 0.3) is 0 Å². The minimum atomic E-state index is -0.379. The van der Waals surface area contributed by atoms with Crippen LogP contribution in [-0.4, -0.2) is 28.2 Å². The number of nitrogens with zero attached hydrogens (tertiary/aromatic N) is 3. The molecule has 1 aromatic carbocycles. The van der Waals surface area contributed by atoms with Crippen molar-refractivity contribution in [2.24, 2.45) is 5.92 Å². The van der Waals surface area contributed by atoms with Gasteiger partial charge in [-0.25, -0.2) is 0 Å². The number of pyridine rings is 1. The van der Waals surface area contributed by atoms with Gasteiger partial charge in [0, 0.05) is 37.6 Å². The molecule has 1 saturated heterocycles. The molecule has 3 heterocycles. The van der Waals surface area contributed by atoms with E-state index in [0.717, 1.165) is 16.8 Å². The molecule has 1 aliphatic heterocycles. The van der Waals surface area contributed by atoms with Crippen molar-refractivity contribution in [3.8, 4) is 0 Å². The molecular formula is C23H23N3O3. The zero-order valence-electron chi connectivity index (χ0n) is 16.3. The Morgan fingerprint density at radius 2 is 2.00 bits per heavy atom. The van der Waals surface area contributed by atoms with Crippen LogP contribution in [0.4, 0.5) is 5.69 Å². The van der Waals surface area contributed by atoms with E-state index >= 15 is 0 Å². The summed E-state index contributed by atoms with van der Waals surface area (Å²) in [5.74, 6) is 0.261. The lowest BCUT2D eigenvalue weighted by atomic mass is 10.1. The molecule has 148 valence electrons. The molecule has 6 heteroatoms. The number of rotatable bonds is 6. The Morgan fingerprint density at radius 3 is 2.69 bits per heavy atom. The van der Waals surface area contributed by atoms with Crippen molar-refractivity contribution in [3.05, 3.63) is 84.1 Å². The van der Waals surface area contributed by atoms with Gasteiger partial charge >= 0.3 is 0 Å². The van der Waals surface area contributed by atoms with Crippen LogP contribution in [0.2, 0.25) is 0 Å². The first-order valence-electron chi connectivity index (χ1n) is 9.67. The van der Waals surface area contributed by atoms with E-state index in [1.165, 1.54) is 0 Å². The van der Waals surface area contributed by atoms with Crippen LogP contribution in [0.3, 0.4) is 0 Å². The largest absolute Gasteiger partial charge is 0.467 e. The van der Waals surface area contributed by atoms with Crippen LogP contribution >= 0.6 is 0 Å². The fraction of sp³-hybridized carbons (Fsp3) is 0.261. The number of aryl methyl sites for hydroxylation is 1. The van der Waals surface area contributed by atoms with Gasteiger partial charge in [-0.1, -0.05) is 23.8 Å². The summed E-state index contributed by atoms with van der Waals surface area (Å²) in [4.78, 5) is 33.5. The highest BCUT2D eigenvalue weighted by molar-refractivity contribution is 6.00. The lowest BCUT2D eigenvalue weighted by Gasteiger charge is -2.25. The normalized spacial score (nSPS) is 16.2. The summed E-state index contributed by atoms with van der Waals surface area (Å²) in [5, 5.41) is 0. The van der Waals surface area contributed by atoms with E-state index in [0.29, 0.717) is 25.4 Å². The molecule has 1 fully saturated rings. The highest BCUT2D eigenvalue weighted by Crippen LogP contribution is 2.27. The highest BCUT2D eigenvalue weighted by atomic mass is 16.3. The van der Waals surface area contributed by atoms with E-state index in [1.807, 2.05) is 49.4 Å². The van der Waals surface area contributed by atoms with E-state index in [9.17, 15) is 9.59 Å². The highest BCUT2D eigenvalue weighted by Gasteiger charge is 2.37. The second-order valence-corrected chi connectivity index (χ2v) is 7.38. The molecule has 29 heavy (non-hydrogen) atoms. The lowest BCUT2D eigenvalue weighted by molar-refractivity contribution is -0.137. The molecule has 0 bridgehead atoms. The van der Waals surface area contributed by atoms with Crippen LogP contribution < -0.4 is 4.90 Å². The first kappa shape index (κ1) is 18.9. The Hall–Kier alpha value is -3.41. The Kier molecular flexibility index (Phi) is 5.42. The number of carbonyl (C=O) groups excluding carboxylic acids is 2. The molecule has 4 rings (SSSR count). The van der Waals surface area contributed by atoms with E-state index in [1.54, 1.807) is 34.5 Å². The molecule has 1 atom stereocenters. The quantitative estimate of drug-likeness (QED) is 0.646. The number of aromatic nitrogens is 1. The van der Waals surface area contributed by atoms with Crippen molar-refractivity contribution in [3.63, 3.8) is 0 Å². The van der Waals surface area contributed by atoms with Gasteiger partial charge < -0.3 is 14.2 Å². The van der Waals surface area contributed by atoms with Crippen LogP contribution in [0.5, 0.6) is 0 Å². The lowest BCUT2D eigenvalue weighted by Crippen LogP contribution is -2.36. The van der Waals surface area contributed by atoms with Crippen molar-refractivity contribution in [1.29, 1.82) is 0 Å². The average molecular weight is 389 g/mol. The number of hydrogen-bond acceptors (Lipinski definition) is 4. The first-order valence-corrected chi connectivity index (χ1v) is 9.67. The third-order valence-corrected chi connectivity index (χ3v) is 5.15.